The first-order valence-electron chi connectivity index (χ1n) is 5.46. The normalized spacial score (nSPS) is 10.2. The Balaban J connectivity index is 2.50. The van der Waals surface area contributed by atoms with E-state index in [2.05, 4.69) is 17.8 Å². The lowest BCUT2D eigenvalue weighted by Gasteiger charge is -2.03. The zero-order valence-corrected chi connectivity index (χ0v) is 10.1. The van der Waals surface area contributed by atoms with Crippen molar-refractivity contribution in [1.29, 1.82) is 0 Å². The van der Waals surface area contributed by atoms with Crippen LogP contribution in [0.1, 0.15) is 11.4 Å². The van der Waals surface area contributed by atoms with Gasteiger partial charge in [-0.25, -0.2) is 4.98 Å². The third-order valence-electron chi connectivity index (χ3n) is 2.77. The van der Waals surface area contributed by atoms with E-state index in [1.54, 1.807) is 0 Å². The maximum Gasteiger partial charge on any atom is 0.132 e. The summed E-state index contributed by atoms with van der Waals surface area (Å²) in [5.74, 6) is 4.06. The summed E-state index contributed by atoms with van der Waals surface area (Å²) < 4.78 is 1.84. The maximum absolute atomic E-state index is 6.07. The lowest BCUT2D eigenvalue weighted by atomic mass is 10.1. The average Bonchev–Trinajstić information content (AvgIpc) is 2.59. The molecule has 0 aliphatic carbocycles. The van der Waals surface area contributed by atoms with Gasteiger partial charge >= 0.3 is 0 Å². The molecule has 0 saturated carbocycles. The van der Waals surface area contributed by atoms with Crippen LogP contribution in [0, 0.1) is 26.2 Å². The summed E-state index contributed by atoms with van der Waals surface area (Å²) in [6, 6.07) is 8.13. The number of nitrogens with two attached hydrogens (primary N) is 1. The first-order valence-corrected chi connectivity index (χ1v) is 5.46. The number of nitrogen functional groups attached to an aromatic ring is 1. The van der Waals surface area contributed by atoms with Crippen molar-refractivity contribution in [2.45, 2.75) is 20.4 Å². The predicted octanol–water partition coefficient (Wildman–Crippen LogP) is 2.38. The summed E-state index contributed by atoms with van der Waals surface area (Å²) in [4.78, 5) is 4.47. The molecule has 0 aliphatic heterocycles. The molecule has 0 unspecified atom stereocenters. The number of nitrogens with zero attached hydrogens (tertiary/aromatic N) is 2. The van der Waals surface area contributed by atoms with Gasteiger partial charge in [0.2, 0.25) is 0 Å². The fourth-order valence-corrected chi connectivity index (χ4v) is 1.80. The number of hydrogen-bond acceptors (Lipinski definition) is 2. The molecule has 0 aliphatic rings. The van der Waals surface area contributed by atoms with Gasteiger partial charge in [0.1, 0.15) is 17.3 Å². The fraction of sp³-hybridized carbons (Fsp3) is 0.214. The van der Waals surface area contributed by atoms with Crippen LogP contribution in [0.2, 0.25) is 0 Å². The molecule has 0 fully saturated rings. The molecule has 1 aromatic carbocycles. The molecule has 0 spiro atoms. The monoisotopic (exact) mass is 225 g/mol. The molecule has 17 heavy (non-hydrogen) atoms. The molecule has 1 heterocycles. The van der Waals surface area contributed by atoms with Crippen LogP contribution in [0.3, 0.4) is 0 Å². The topological polar surface area (TPSA) is 43.8 Å². The Kier molecular flexibility index (Phi) is 2.88. The van der Waals surface area contributed by atoms with E-state index >= 15 is 0 Å². The van der Waals surface area contributed by atoms with Crippen LogP contribution in [0.5, 0.6) is 0 Å². The molecule has 3 nitrogen and oxygen atoms in total. The minimum absolute atomic E-state index is 0.455. The standard InChI is InChI=1S/C14H15N3/c1-4-9-17-11(3)16-13(14(17)15)12-7-5-10(2)6-8-12/h1,5-8H,9,15H2,2-3H3. The van der Waals surface area contributed by atoms with E-state index in [-0.39, 0.29) is 0 Å². The Labute approximate surface area is 101 Å². The minimum Gasteiger partial charge on any atom is -0.383 e. The van der Waals surface area contributed by atoms with Gasteiger partial charge in [-0.3, -0.25) is 0 Å². The second-order valence-corrected chi connectivity index (χ2v) is 4.05. The second kappa shape index (κ2) is 4.34. The number of hydrogen-bond donors (Lipinski definition) is 1. The number of terminal acetylenes is 1. The van der Waals surface area contributed by atoms with E-state index in [1.807, 2.05) is 35.8 Å². The predicted molar refractivity (Wildman–Crippen MR) is 70.4 cm³/mol. The van der Waals surface area contributed by atoms with Crippen LogP contribution in [0.25, 0.3) is 11.3 Å². The number of imidazole rings is 1. The number of rotatable bonds is 2. The molecular weight excluding hydrogens is 210 g/mol. The highest BCUT2D eigenvalue weighted by Gasteiger charge is 2.12. The minimum atomic E-state index is 0.455. The maximum atomic E-state index is 6.07. The highest BCUT2D eigenvalue weighted by Crippen LogP contribution is 2.26. The van der Waals surface area contributed by atoms with Gasteiger partial charge in [-0.15, -0.1) is 6.42 Å². The Morgan fingerprint density at radius 2 is 1.94 bits per heavy atom. The van der Waals surface area contributed by atoms with Crippen molar-refractivity contribution in [3.63, 3.8) is 0 Å². The molecule has 0 radical (unpaired) electrons. The lowest BCUT2D eigenvalue weighted by molar-refractivity contribution is 0.807. The van der Waals surface area contributed by atoms with Gasteiger partial charge in [0.25, 0.3) is 0 Å². The average molecular weight is 225 g/mol. The Hall–Kier alpha value is -2.21. The first-order chi connectivity index (χ1) is 8.13. The van der Waals surface area contributed by atoms with E-state index < -0.39 is 0 Å². The van der Waals surface area contributed by atoms with Gasteiger partial charge in [-0.05, 0) is 13.8 Å². The zero-order chi connectivity index (χ0) is 12.4. The van der Waals surface area contributed by atoms with E-state index in [0.717, 1.165) is 17.1 Å². The molecule has 2 aromatic rings. The quantitative estimate of drug-likeness (QED) is 0.797. The zero-order valence-electron chi connectivity index (χ0n) is 10.1. The summed E-state index contributed by atoms with van der Waals surface area (Å²) in [5, 5.41) is 0. The molecule has 0 bridgehead atoms. The Morgan fingerprint density at radius 1 is 1.29 bits per heavy atom. The van der Waals surface area contributed by atoms with Crippen molar-refractivity contribution < 1.29 is 0 Å². The van der Waals surface area contributed by atoms with Crippen LogP contribution >= 0.6 is 0 Å². The molecule has 2 N–H and O–H groups in total. The van der Waals surface area contributed by atoms with Crippen LogP contribution in [-0.4, -0.2) is 9.55 Å². The van der Waals surface area contributed by atoms with Gasteiger partial charge in [-0.1, -0.05) is 35.7 Å². The van der Waals surface area contributed by atoms with Crippen molar-refractivity contribution in [3.8, 4) is 23.6 Å². The van der Waals surface area contributed by atoms with Gasteiger partial charge in [0, 0.05) is 5.56 Å². The van der Waals surface area contributed by atoms with Gasteiger partial charge in [0.15, 0.2) is 0 Å². The number of anilines is 1. The summed E-state index contributed by atoms with van der Waals surface area (Å²) in [5.41, 5.74) is 9.10. The fourth-order valence-electron chi connectivity index (χ4n) is 1.80. The Morgan fingerprint density at radius 3 is 2.53 bits per heavy atom. The van der Waals surface area contributed by atoms with Crippen molar-refractivity contribution in [2.24, 2.45) is 0 Å². The van der Waals surface area contributed by atoms with Crippen molar-refractivity contribution in [1.82, 2.24) is 9.55 Å². The van der Waals surface area contributed by atoms with Gasteiger partial charge in [-0.2, -0.15) is 0 Å². The lowest BCUT2D eigenvalue weighted by Crippen LogP contribution is -2.03. The molecule has 0 atom stereocenters. The summed E-state index contributed by atoms with van der Waals surface area (Å²) in [6.45, 7) is 4.41. The molecular formula is C14H15N3. The second-order valence-electron chi connectivity index (χ2n) is 4.05. The summed E-state index contributed by atoms with van der Waals surface area (Å²) in [7, 11) is 0. The number of benzene rings is 1. The van der Waals surface area contributed by atoms with Crippen LogP contribution in [0.15, 0.2) is 24.3 Å². The van der Waals surface area contributed by atoms with E-state index in [9.17, 15) is 0 Å². The van der Waals surface area contributed by atoms with Crippen molar-refractivity contribution >= 4 is 5.82 Å². The smallest absolute Gasteiger partial charge is 0.132 e. The van der Waals surface area contributed by atoms with E-state index in [1.165, 1.54) is 5.56 Å². The molecule has 0 amide bonds. The van der Waals surface area contributed by atoms with Crippen LogP contribution < -0.4 is 5.73 Å². The third kappa shape index (κ3) is 2.02. The third-order valence-corrected chi connectivity index (χ3v) is 2.77. The highest BCUT2D eigenvalue weighted by atomic mass is 15.1. The summed E-state index contributed by atoms with van der Waals surface area (Å²) in [6.07, 6.45) is 5.31. The molecule has 1 aromatic heterocycles. The molecule has 0 saturated heterocycles. The van der Waals surface area contributed by atoms with Crippen molar-refractivity contribution in [3.05, 3.63) is 35.7 Å². The van der Waals surface area contributed by atoms with Gasteiger partial charge < -0.3 is 10.3 Å². The van der Waals surface area contributed by atoms with Crippen molar-refractivity contribution in [2.75, 3.05) is 5.73 Å². The first kappa shape index (κ1) is 11.3. The summed E-state index contributed by atoms with van der Waals surface area (Å²) >= 11 is 0. The number of aryl methyl sites for hydroxylation is 2. The van der Waals surface area contributed by atoms with Crippen LogP contribution in [0.4, 0.5) is 5.82 Å². The van der Waals surface area contributed by atoms with E-state index in [0.29, 0.717) is 12.4 Å². The Bertz CT molecular complexity index is 571. The molecule has 2 rings (SSSR count). The highest BCUT2D eigenvalue weighted by molar-refractivity contribution is 5.71. The number of aromatic nitrogens is 2. The molecule has 86 valence electrons. The van der Waals surface area contributed by atoms with Gasteiger partial charge in [0.05, 0.1) is 6.54 Å². The van der Waals surface area contributed by atoms with E-state index in [4.69, 9.17) is 12.2 Å². The van der Waals surface area contributed by atoms with Crippen LogP contribution in [-0.2, 0) is 6.54 Å². The SMILES string of the molecule is C#CCn1c(C)nc(-c2ccc(C)cc2)c1N. The largest absolute Gasteiger partial charge is 0.383 e. The molecule has 3 heteroatoms.